The van der Waals surface area contributed by atoms with Gasteiger partial charge < -0.3 is 0 Å². The maximum atomic E-state index is 12.0. The van der Waals surface area contributed by atoms with Gasteiger partial charge in [0, 0.05) is 12.8 Å². The SMILES string of the molecule is CCCCC/C=C\C/C=C\CCCCCCC1(CCCCCC/C=C\C/C=C\CCCCC)CC2(CCC(=O)C2)C1. The van der Waals surface area contributed by atoms with E-state index in [-0.39, 0.29) is 0 Å². The summed E-state index contributed by atoms with van der Waals surface area (Å²) in [6.07, 6.45) is 53.6. The lowest BCUT2D eigenvalue weighted by Gasteiger charge is -2.56. The number of rotatable bonds is 26. The summed E-state index contributed by atoms with van der Waals surface area (Å²) < 4.78 is 0. The average molecular weight is 565 g/mol. The van der Waals surface area contributed by atoms with E-state index in [4.69, 9.17) is 0 Å². The number of carbonyl (C=O) groups excluding carboxylic acids is 1. The highest BCUT2D eigenvalue weighted by Gasteiger charge is 2.55. The number of unbranched alkanes of at least 4 members (excludes halogenated alkanes) is 14. The van der Waals surface area contributed by atoms with Gasteiger partial charge in [-0.05, 0) is 107 Å². The highest BCUT2D eigenvalue weighted by Crippen LogP contribution is 2.65. The highest BCUT2D eigenvalue weighted by atomic mass is 16.1. The molecule has 0 radical (unpaired) electrons. The van der Waals surface area contributed by atoms with Crippen molar-refractivity contribution < 1.29 is 4.79 Å². The Labute approximate surface area is 256 Å². The topological polar surface area (TPSA) is 17.1 Å². The van der Waals surface area contributed by atoms with Crippen molar-refractivity contribution in [2.24, 2.45) is 10.8 Å². The Hall–Kier alpha value is -1.37. The van der Waals surface area contributed by atoms with Crippen LogP contribution in [-0.2, 0) is 4.79 Å². The van der Waals surface area contributed by atoms with E-state index in [1.807, 2.05) is 0 Å². The lowest BCUT2D eigenvalue weighted by molar-refractivity contribution is -0.120. The van der Waals surface area contributed by atoms with Crippen molar-refractivity contribution in [2.75, 3.05) is 0 Å². The second-order valence-electron chi connectivity index (χ2n) is 13.8. The molecule has 0 aromatic carbocycles. The molecule has 2 fully saturated rings. The van der Waals surface area contributed by atoms with Gasteiger partial charge in [0.25, 0.3) is 0 Å². The predicted molar refractivity (Wildman–Crippen MR) is 182 cm³/mol. The Morgan fingerprint density at radius 3 is 1.34 bits per heavy atom. The van der Waals surface area contributed by atoms with Crippen LogP contribution in [0.15, 0.2) is 48.6 Å². The largest absolute Gasteiger partial charge is 0.300 e. The highest BCUT2D eigenvalue weighted by molar-refractivity contribution is 5.81. The average Bonchev–Trinajstić information content (AvgIpc) is 3.34. The first-order chi connectivity index (χ1) is 20.1. The third-order valence-corrected chi connectivity index (χ3v) is 9.82. The molecule has 234 valence electrons. The van der Waals surface area contributed by atoms with Crippen LogP contribution in [0.1, 0.15) is 187 Å². The molecule has 0 aromatic heterocycles. The Morgan fingerprint density at radius 1 is 0.537 bits per heavy atom. The van der Waals surface area contributed by atoms with Gasteiger partial charge in [0.1, 0.15) is 5.78 Å². The van der Waals surface area contributed by atoms with Crippen molar-refractivity contribution in [3.63, 3.8) is 0 Å². The maximum absolute atomic E-state index is 12.0. The second kappa shape index (κ2) is 23.1. The molecule has 0 saturated heterocycles. The molecule has 0 heterocycles. The quantitative estimate of drug-likeness (QED) is 0.0754. The van der Waals surface area contributed by atoms with Crippen molar-refractivity contribution in [3.05, 3.63) is 48.6 Å². The number of hydrogen-bond donors (Lipinski definition) is 0. The Balaban J connectivity index is 1.54. The third kappa shape index (κ3) is 16.7. The van der Waals surface area contributed by atoms with E-state index < -0.39 is 0 Å². The van der Waals surface area contributed by atoms with E-state index in [2.05, 4.69) is 62.5 Å². The molecule has 2 aliphatic carbocycles. The minimum absolute atomic E-state index is 0.418. The molecule has 1 spiro atoms. The van der Waals surface area contributed by atoms with Gasteiger partial charge in [-0.15, -0.1) is 0 Å². The van der Waals surface area contributed by atoms with Crippen molar-refractivity contribution in [3.8, 4) is 0 Å². The first-order valence-corrected chi connectivity index (χ1v) is 18.3. The molecule has 0 aromatic rings. The van der Waals surface area contributed by atoms with Crippen molar-refractivity contribution in [1.82, 2.24) is 0 Å². The van der Waals surface area contributed by atoms with Crippen molar-refractivity contribution in [1.29, 1.82) is 0 Å². The van der Waals surface area contributed by atoms with Gasteiger partial charge in [-0.3, -0.25) is 4.79 Å². The lowest BCUT2D eigenvalue weighted by Crippen LogP contribution is -2.45. The molecule has 0 bridgehead atoms. The first-order valence-electron chi connectivity index (χ1n) is 18.3. The Bertz CT molecular complexity index is 714. The zero-order valence-electron chi connectivity index (χ0n) is 27.6. The predicted octanol–water partition coefficient (Wildman–Crippen LogP) is 13.4. The number of allylic oxidation sites excluding steroid dienone is 8. The van der Waals surface area contributed by atoms with Crippen LogP contribution in [-0.4, -0.2) is 5.78 Å². The van der Waals surface area contributed by atoms with Crippen LogP contribution in [0.3, 0.4) is 0 Å². The number of carbonyl (C=O) groups is 1. The smallest absolute Gasteiger partial charge is 0.133 e. The molecule has 0 atom stereocenters. The Kier molecular flexibility index (Phi) is 20.2. The summed E-state index contributed by atoms with van der Waals surface area (Å²) >= 11 is 0. The normalized spacial score (nSPS) is 18.2. The van der Waals surface area contributed by atoms with E-state index in [0.717, 1.165) is 25.7 Å². The zero-order valence-corrected chi connectivity index (χ0v) is 27.6. The van der Waals surface area contributed by atoms with Crippen LogP contribution in [0.5, 0.6) is 0 Å². The molecule has 2 saturated carbocycles. The van der Waals surface area contributed by atoms with Crippen molar-refractivity contribution >= 4 is 5.78 Å². The molecule has 1 nitrogen and oxygen atoms in total. The summed E-state index contributed by atoms with van der Waals surface area (Å²) in [7, 11) is 0. The summed E-state index contributed by atoms with van der Waals surface area (Å²) in [4.78, 5) is 12.0. The number of hydrogen-bond acceptors (Lipinski definition) is 1. The van der Waals surface area contributed by atoms with Gasteiger partial charge in [-0.1, -0.05) is 127 Å². The fourth-order valence-corrected chi connectivity index (χ4v) is 7.59. The molecule has 2 aliphatic rings. The van der Waals surface area contributed by atoms with Crippen LogP contribution in [0.2, 0.25) is 0 Å². The van der Waals surface area contributed by atoms with E-state index in [0.29, 0.717) is 16.6 Å². The van der Waals surface area contributed by atoms with Gasteiger partial charge in [-0.25, -0.2) is 0 Å². The standard InChI is InChI=1S/C40H68O/c1-3-5-7-9-11-13-15-17-19-21-23-25-27-29-32-39(36-40(37-39)34-31-38(41)35-40)33-30-28-26-24-22-20-18-16-14-12-10-8-6-4-2/h11-14,17-20H,3-10,15-16,21-37H2,1-2H3/b13-11-,14-12-,19-17-,20-18-. The maximum Gasteiger partial charge on any atom is 0.133 e. The van der Waals surface area contributed by atoms with Crippen LogP contribution >= 0.6 is 0 Å². The fourth-order valence-electron chi connectivity index (χ4n) is 7.59. The van der Waals surface area contributed by atoms with Crippen LogP contribution in [0, 0.1) is 10.8 Å². The summed E-state index contributed by atoms with van der Waals surface area (Å²) in [5.74, 6) is 0.540. The summed E-state index contributed by atoms with van der Waals surface area (Å²) in [6, 6.07) is 0. The molecule has 0 N–H and O–H groups in total. The minimum atomic E-state index is 0.418. The summed E-state index contributed by atoms with van der Waals surface area (Å²) in [5.41, 5.74) is 0.985. The van der Waals surface area contributed by atoms with Gasteiger partial charge in [0.15, 0.2) is 0 Å². The Morgan fingerprint density at radius 2 is 0.951 bits per heavy atom. The van der Waals surface area contributed by atoms with Crippen molar-refractivity contribution in [2.45, 2.75) is 187 Å². The minimum Gasteiger partial charge on any atom is -0.300 e. The molecule has 1 heteroatoms. The van der Waals surface area contributed by atoms with Crippen LogP contribution < -0.4 is 0 Å². The summed E-state index contributed by atoms with van der Waals surface area (Å²) in [5, 5.41) is 0. The molecule has 0 unspecified atom stereocenters. The van der Waals surface area contributed by atoms with Crippen LogP contribution in [0.4, 0.5) is 0 Å². The van der Waals surface area contributed by atoms with E-state index >= 15 is 0 Å². The van der Waals surface area contributed by atoms with E-state index in [1.165, 1.54) is 148 Å². The van der Waals surface area contributed by atoms with E-state index in [1.54, 1.807) is 0 Å². The molecule has 0 amide bonds. The molecular formula is C40H68O. The molecule has 41 heavy (non-hydrogen) atoms. The van der Waals surface area contributed by atoms with Gasteiger partial charge in [0.2, 0.25) is 0 Å². The lowest BCUT2D eigenvalue weighted by atomic mass is 9.49. The molecule has 2 rings (SSSR count). The molecule has 0 aliphatic heterocycles. The van der Waals surface area contributed by atoms with Gasteiger partial charge >= 0.3 is 0 Å². The number of Topliss-reactive ketones (excluding diaryl/α,β-unsaturated/α-hetero) is 1. The van der Waals surface area contributed by atoms with Crippen LogP contribution in [0.25, 0.3) is 0 Å². The second-order valence-corrected chi connectivity index (χ2v) is 13.8. The monoisotopic (exact) mass is 565 g/mol. The fraction of sp³-hybridized carbons (Fsp3) is 0.775. The van der Waals surface area contributed by atoms with E-state index in [9.17, 15) is 4.79 Å². The molecular weight excluding hydrogens is 496 g/mol. The summed E-state index contributed by atoms with van der Waals surface area (Å²) in [6.45, 7) is 4.54. The third-order valence-electron chi connectivity index (χ3n) is 9.82. The van der Waals surface area contributed by atoms with Gasteiger partial charge in [0.05, 0.1) is 0 Å². The first kappa shape index (κ1) is 35.8. The number of ketones is 1. The zero-order chi connectivity index (χ0) is 29.3. The van der Waals surface area contributed by atoms with Gasteiger partial charge in [-0.2, -0.15) is 0 Å².